The smallest absolute Gasteiger partial charge is 0.141 e. The maximum Gasteiger partial charge on any atom is 0.141 e. The molecule has 0 bridgehead atoms. The number of halogens is 3. The Kier molecular flexibility index (Phi) is 4.77. The molecule has 0 fully saturated rings. The van der Waals surface area contributed by atoms with E-state index in [9.17, 15) is 4.39 Å². The first kappa shape index (κ1) is 14.3. The van der Waals surface area contributed by atoms with Crippen LogP contribution in [0.1, 0.15) is 16.7 Å². The van der Waals surface area contributed by atoms with Crippen molar-refractivity contribution in [3.8, 4) is 5.75 Å². The maximum atomic E-state index is 13.0. The van der Waals surface area contributed by atoms with Crippen LogP contribution in [0.25, 0.3) is 0 Å². The van der Waals surface area contributed by atoms with Gasteiger partial charge in [0, 0.05) is 21.8 Å². The van der Waals surface area contributed by atoms with E-state index in [4.69, 9.17) is 16.3 Å². The van der Waals surface area contributed by atoms with E-state index in [0.717, 1.165) is 21.3 Å². The molecule has 0 amide bonds. The predicted molar refractivity (Wildman–Crippen MR) is 77.0 cm³/mol. The molecule has 0 radical (unpaired) electrons. The summed E-state index contributed by atoms with van der Waals surface area (Å²) in [6.07, 6.45) is 2.75. The van der Waals surface area contributed by atoms with Crippen LogP contribution in [-0.4, -0.2) is 4.98 Å². The molecule has 0 spiro atoms. The molecule has 19 heavy (non-hydrogen) atoms. The normalized spacial score (nSPS) is 10.5. The molecule has 2 nitrogen and oxygen atoms in total. The van der Waals surface area contributed by atoms with E-state index in [2.05, 4.69) is 20.9 Å². The lowest BCUT2D eigenvalue weighted by molar-refractivity contribution is 0.300. The molecular weight excluding hydrogens is 333 g/mol. The second-order valence-electron chi connectivity index (χ2n) is 4.14. The van der Waals surface area contributed by atoms with Crippen LogP contribution in [0, 0.1) is 12.7 Å². The van der Waals surface area contributed by atoms with Gasteiger partial charge in [-0.05, 0) is 30.7 Å². The van der Waals surface area contributed by atoms with Crippen LogP contribution in [0.5, 0.6) is 5.75 Å². The van der Waals surface area contributed by atoms with Crippen molar-refractivity contribution >= 4 is 27.5 Å². The average Bonchev–Trinajstić information content (AvgIpc) is 2.37. The highest BCUT2D eigenvalue weighted by Gasteiger charge is 2.09. The first-order chi connectivity index (χ1) is 9.10. The first-order valence-electron chi connectivity index (χ1n) is 5.67. The summed E-state index contributed by atoms with van der Waals surface area (Å²) in [4.78, 5) is 3.79. The standard InChI is InChI=1S/C14H12BrClFNO/c1-9-2-12(15)4-11(5-16)14(9)19-8-10-3-13(17)7-18-6-10/h2-4,6-7H,5,8H2,1H3. The molecule has 0 unspecified atom stereocenters. The summed E-state index contributed by atoms with van der Waals surface area (Å²) >= 11 is 9.33. The van der Waals surface area contributed by atoms with Gasteiger partial charge in [0.25, 0.3) is 0 Å². The van der Waals surface area contributed by atoms with E-state index in [1.165, 1.54) is 12.3 Å². The minimum Gasteiger partial charge on any atom is -0.488 e. The number of hydrogen-bond acceptors (Lipinski definition) is 2. The molecule has 0 N–H and O–H groups in total. The SMILES string of the molecule is Cc1cc(Br)cc(CCl)c1OCc1cncc(F)c1. The van der Waals surface area contributed by atoms with E-state index >= 15 is 0 Å². The molecule has 0 aliphatic rings. The van der Waals surface area contributed by atoms with Crippen LogP contribution in [0.3, 0.4) is 0 Å². The third-order valence-corrected chi connectivity index (χ3v) is 3.35. The fourth-order valence-corrected chi connectivity index (χ4v) is 2.61. The summed E-state index contributed by atoms with van der Waals surface area (Å²) in [6.45, 7) is 2.21. The number of ether oxygens (including phenoxy) is 1. The molecule has 1 heterocycles. The summed E-state index contributed by atoms with van der Waals surface area (Å²) in [5.41, 5.74) is 2.56. The van der Waals surface area contributed by atoms with E-state index in [-0.39, 0.29) is 12.4 Å². The summed E-state index contributed by atoms with van der Waals surface area (Å²) in [5.74, 6) is 0.727. The van der Waals surface area contributed by atoms with E-state index in [1.54, 1.807) is 6.20 Å². The van der Waals surface area contributed by atoms with Gasteiger partial charge >= 0.3 is 0 Å². The van der Waals surface area contributed by atoms with Gasteiger partial charge in [-0.2, -0.15) is 0 Å². The Hall–Kier alpha value is -1.13. The maximum absolute atomic E-state index is 13.0. The number of benzene rings is 1. The van der Waals surface area contributed by atoms with E-state index in [0.29, 0.717) is 11.4 Å². The lowest BCUT2D eigenvalue weighted by Crippen LogP contribution is -2.01. The molecule has 0 saturated carbocycles. The summed E-state index contributed by atoms with van der Waals surface area (Å²) < 4.78 is 19.7. The topological polar surface area (TPSA) is 22.1 Å². The molecule has 0 atom stereocenters. The molecular formula is C14H12BrClFNO. The van der Waals surface area contributed by atoms with Gasteiger partial charge in [-0.25, -0.2) is 4.39 Å². The Bertz CT molecular complexity index is 592. The van der Waals surface area contributed by atoms with Crippen LogP contribution in [0.15, 0.2) is 35.1 Å². The van der Waals surface area contributed by atoms with Crippen molar-refractivity contribution in [1.82, 2.24) is 4.98 Å². The fraction of sp³-hybridized carbons (Fsp3) is 0.214. The van der Waals surface area contributed by atoms with Crippen molar-refractivity contribution in [3.05, 3.63) is 57.6 Å². The van der Waals surface area contributed by atoms with Crippen molar-refractivity contribution < 1.29 is 9.13 Å². The molecule has 1 aromatic carbocycles. The van der Waals surface area contributed by atoms with E-state index < -0.39 is 0 Å². The second-order valence-corrected chi connectivity index (χ2v) is 5.33. The largest absolute Gasteiger partial charge is 0.488 e. The van der Waals surface area contributed by atoms with Crippen molar-refractivity contribution in [1.29, 1.82) is 0 Å². The Morgan fingerprint density at radius 2 is 2.11 bits per heavy atom. The fourth-order valence-electron chi connectivity index (χ4n) is 1.80. The number of aromatic nitrogens is 1. The lowest BCUT2D eigenvalue weighted by atomic mass is 10.1. The van der Waals surface area contributed by atoms with Gasteiger partial charge < -0.3 is 4.74 Å². The predicted octanol–water partition coefficient (Wildman–Crippen LogP) is 4.61. The van der Waals surface area contributed by atoms with E-state index in [1.807, 2.05) is 19.1 Å². The monoisotopic (exact) mass is 343 g/mol. The molecule has 100 valence electrons. The average molecular weight is 345 g/mol. The molecule has 2 rings (SSSR count). The first-order valence-corrected chi connectivity index (χ1v) is 7.00. The Morgan fingerprint density at radius 1 is 1.32 bits per heavy atom. The summed E-state index contributed by atoms with van der Waals surface area (Å²) in [7, 11) is 0. The van der Waals surface area contributed by atoms with Gasteiger partial charge in [-0.3, -0.25) is 4.98 Å². The van der Waals surface area contributed by atoms with Gasteiger partial charge in [0.1, 0.15) is 18.2 Å². The van der Waals surface area contributed by atoms with Crippen LogP contribution in [0.4, 0.5) is 4.39 Å². The second kappa shape index (κ2) is 6.35. The van der Waals surface area contributed by atoms with Crippen LogP contribution in [-0.2, 0) is 12.5 Å². The minimum absolute atomic E-state index is 0.261. The molecule has 0 aliphatic carbocycles. The Balaban J connectivity index is 2.19. The van der Waals surface area contributed by atoms with Gasteiger partial charge in [-0.15, -0.1) is 11.6 Å². The summed E-state index contributed by atoms with van der Waals surface area (Å²) in [6, 6.07) is 5.27. The zero-order valence-corrected chi connectivity index (χ0v) is 12.6. The van der Waals surface area contributed by atoms with Crippen LogP contribution >= 0.6 is 27.5 Å². The van der Waals surface area contributed by atoms with Crippen molar-refractivity contribution in [2.45, 2.75) is 19.4 Å². The zero-order valence-electron chi connectivity index (χ0n) is 10.3. The molecule has 1 aromatic heterocycles. The van der Waals surface area contributed by atoms with Gasteiger partial charge in [-0.1, -0.05) is 15.9 Å². The quantitative estimate of drug-likeness (QED) is 0.756. The number of nitrogens with zero attached hydrogens (tertiary/aromatic N) is 1. The number of pyridine rings is 1. The lowest BCUT2D eigenvalue weighted by Gasteiger charge is -2.13. The number of aryl methyl sites for hydroxylation is 1. The highest BCUT2D eigenvalue weighted by Crippen LogP contribution is 2.29. The Labute approximate surface area is 124 Å². The van der Waals surface area contributed by atoms with Crippen molar-refractivity contribution in [2.24, 2.45) is 0 Å². The third-order valence-electron chi connectivity index (χ3n) is 2.60. The summed E-state index contributed by atoms with van der Waals surface area (Å²) in [5, 5.41) is 0. The highest BCUT2D eigenvalue weighted by atomic mass is 79.9. The minimum atomic E-state index is -0.369. The molecule has 0 aliphatic heterocycles. The van der Waals surface area contributed by atoms with Crippen molar-refractivity contribution in [3.63, 3.8) is 0 Å². The number of alkyl halides is 1. The van der Waals surface area contributed by atoms with Crippen molar-refractivity contribution in [2.75, 3.05) is 0 Å². The molecule has 2 aromatic rings. The molecule has 0 saturated heterocycles. The van der Waals surface area contributed by atoms with Gasteiger partial charge in [0.15, 0.2) is 0 Å². The molecule has 5 heteroatoms. The highest BCUT2D eigenvalue weighted by molar-refractivity contribution is 9.10. The van der Waals surface area contributed by atoms with Crippen LogP contribution < -0.4 is 4.74 Å². The third kappa shape index (κ3) is 3.67. The van der Waals surface area contributed by atoms with Crippen LogP contribution in [0.2, 0.25) is 0 Å². The van der Waals surface area contributed by atoms with Gasteiger partial charge in [0.2, 0.25) is 0 Å². The Morgan fingerprint density at radius 3 is 2.79 bits per heavy atom. The number of rotatable bonds is 4. The zero-order chi connectivity index (χ0) is 13.8. The van der Waals surface area contributed by atoms with Gasteiger partial charge in [0.05, 0.1) is 12.1 Å². The number of hydrogen-bond donors (Lipinski definition) is 0.